The molecule has 0 aliphatic carbocycles. The zero-order valence-corrected chi connectivity index (χ0v) is 18.5. The number of ether oxygens (including phenoxy) is 2. The molecule has 0 unspecified atom stereocenters. The molecular weight excluding hydrogens is 491 g/mol. The molecule has 0 fully saturated rings. The Bertz CT molecular complexity index is 784. The summed E-state index contributed by atoms with van der Waals surface area (Å²) in [6.45, 7) is 1.34. The van der Waals surface area contributed by atoms with Crippen molar-refractivity contribution in [2.75, 3.05) is 13.2 Å². The monoisotopic (exact) mass is 516 g/mol. The summed E-state index contributed by atoms with van der Waals surface area (Å²) in [6, 6.07) is 12.8. The van der Waals surface area contributed by atoms with Gasteiger partial charge in [-0.1, -0.05) is 0 Å². The van der Waals surface area contributed by atoms with Gasteiger partial charge in [0.2, 0.25) is 0 Å². The second-order valence-electron chi connectivity index (χ2n) is 6.11. The third-order valence-corrected chi connectivity index (χ3v) is 4.82. The van der Waals surface area contributed by atoms with Crippen molar-refractivity contribution in [2.24, 2.45) is 11.5 Å². The summed E-state index contributed by atoms with van der Waals surface area (Å²) in [5, 5.41) is 14.8. The fraction of sp³-hybridized carbons (Fsp3) is 0.300. The van der Waals surface area contributed by atoms with Gasteiger partial charge in [0, 0.05) is 11.1 Å². The number of amidine groups is 2. The fourth-order valence-corrected chi connectivity index (χ4v) is 3.12. The van der Waals surface area contributed by atoms with Gasteiger partial charge in [-0.15, -0.1) is 12.4 Å². The summed E-state index contributed by atoms with van der Waals surface area (Å²) >= 11 is 2.20. The Labute approximate surface area is 185 Å². The molecule has 0 saturated heterocycles. The smallest absolute Gasteiger partial charge is 0.132 e. The van der Waals surface area contributed by atoms with Crippen LogP contribution in [0.3, 0.4) is 0 Å². The zero-order chi connectivity index (χ0) is 19.6. The van der Waals surface area contributed by atoms with Crippen molar-refractivity contribution in [1.82, 2.24) is 0 Å². The topological polar surface area (TPSA) is 118 Å². The number of benzene rings is 2. The van der Waals surface area contributed by atoms with E-state index in [1.54, 1.807) is 18.2 Å². The predicted molar refractivity (Wildman–Crippen MR) is 124 cm³/mol. The maximum Gasteiger partial charge on any atom is 0.132 e. The van der Waals surface area contributed by atoms with Crippen LogP contribution in [-0.4, -0.2) is 24.9 Å². The molecule has 0 bridgehead atoms. The standard InChI is InChI=1S/C20H25IN4O2.ClH/c21-17-13-15(20(24)25)7-10-18(17)27-12-4-2-1-3-11-26-16-8-5-14(6-9-16)19(22)23;/h5-10,13H,1-4,11-12H2,(H3,22,23)(H3,24,25);1H. The highest BCUT2D eigenvalue weighted by atomic mass is 127. The van der Waals surface area contributed by atoms with Crippen LogP contribution in [0.25, 0.3) is 0 Å². The van der Waals surface area contributed by atoms with E-state index in [0.717, 1.165) is 40.8 Å². The van der Waals surface area contributed by atoms with E-state index in [9.17, 15) is 0 Å². The Morgan fingerprint density at radius 1 is 0.786 bits per heavy atom. The van der Waals surface area contributed by atoms with Crippen molar-refractivity contribution in [1.29, 1.82) is 10.8 Å². The number of nitrogens with two attached hydrogens (primary N) is 2. The average Bonchev–Trinajstić information content (AvgIpc) is 2.65. The number of nitrogens with one attached hydrogen (secondary N) is 2. The molecule has 2 rings (SSSR count). The van der Waals surface area contributed by atoms with E-state index in [1.165, 1.54) is 0 Å². The molecule has 0 spiro atoms. The van der Waals surface area contributed by atoms with Crippen molar-refractivity contribution >= 4 is 46.7 Å². The number of unbranched alkanes of at least 4 members (excludes halogenated alkanes) is 3. The lowest BCUT2D eigenvalue weighted by atomic mass is 10.2. The number of rotatable bonds is 11. The van der Waals surface area contributed by atoms with Crippen LogP contribution in [0.5, 0.6) is 11.5 Å². The van der Waals surface area contributed by atoms with Crippen molar-refractivity contribution in [2.45, 2.75) is 25.7 Å². The van der Waals surface area contributed by atoms with Crippen molar-refractivity contribution in [3.8, 4) is 11.5 Å². The van der Waals surface area contributed by atoms with Gasteiger partial charge in [0.1, 0.15) is 23.2 Å². The molecule has 28 heavy (non-hydrogen) atoms. The number of hydrogen-bond donors (Lipinski definition) is 4. The Hall–Kier alpha value is -2.00. The van der Waals surface area contributed by atoms with Crippen LogP contribution in [0.4, 0.5) is 0 Å². The third kappa shape index (κ3) is 7.93. The minimum Gasteiger partial charge on any atom is -0.494 e. The summed E-state index contributed by atoms with van der Waals surface area (Å²) in [6.07, 6.45) is 4.13. The molecule has 0 saturated carbocycles. The highest BCUT2D eigenvalue weighted by Crippen LogP contribution is 2.22. The van der Waals surface area contributed by atoms with Crippen LogP contribution >= 0.6 is 35.0 Å². The summed E-state index contributed by atoms with van der Waals surface area (Å²) in [5.74, 6) is 1.76. The van der Waals surface area contributed by atoms with E-state index in [0.29, 0.717) is 24.3 Å². The van der Waals surface area contributed by atoms with Crippen molar-refractivity contribution in [3.63, 3.8) is 0 Å². The van der Waals surface area contributed by atoms with Crippen LogP contribution < -0.4 is 20.9 Å². The molecule has 0 aromatic heterocycles. The minimum atomic E-state index is 0. The average molecular weight is 517 g/mol. The molecule has 0 amide bonds. The quantitative estimate of drug-likeness (QED) is 0.154. The maximum atomic E-state index is 7.44. The van der Waals surface area contributed by atoms with E-state index < -0.39 is 0 Å². The first-order chi connectivity index (χ1) is 13.0. The first-order valence-corrected chi connectivity index (χ1v) is 9.89. The highest BCUT2D eigenvalue weighted by molar-refractivity contribution is 14.1. The summed E-state index contributed by atoms with van der Waals surface area (Å²) < 4.78 is 12.5. The van der Waals surface area contributed by atoms with Crippen LogP contribution in [0, 0.1) is 14.4 Å². The van der Waals surface area contributed by atoms with E-state index in [4.69, 9.17) is 31.8 Å². The largest absolute Gasteiger partial charge is 0.494 e. The van der Waals surface area contributed by atoms with Gasteiger partial charge >= 0.3 is 0 Å². The molecule has 2 aromatic rings. The molecule has 6 N–H and O–H groups in total. The summed E-state index contributed by atoms with van der Waals surface area (Å²) in [7, 11) is 0. The lowest BCUT2D eigenvalue weighted by molar-refractivity contribution is 0.286. The molecule has 0 atom stereocenters. The van der Waals surface area contributed by atoms with Gasteiger partial charge in [-0.3, -0.25) is 10.8 Å². The first kappa shape index (κ1) is 24.0. The second-order valence-corrected chi connectivity index (χ2v) is 7.27. The molecule has 152 valence electrons. The Morgan fingerprint density at radius 3 is 1.86 bits per heavy atom. The SMILES string of the molecule is Cl.N=C(N)c1ccc(OCCCCCCOc2ccc(C(=N)N)cc2I)cc1. The highest BCUT2D eigenvalue weighted by Gasteiger charge is 2.04. The van der Waals surface area contributed by atoms with Crippen molar-refractivity contribution in [3.05, 3.63) is 57.2 Å². The normalized spacial score (nSPS) is 10.0. The van der Waals surface area contributed by atoms with E-state index >= 15 is 0 Å². The van der Waals surface area contributed by atoms with Crippen LogP contribution in [0.15, 0.2) is 42.5 Å². The number of nitrogen functional groups attached to an aromatic ring is 2. The first-order valence-electron chi connectivity index (χ1n) is 8.81. The molecule has 2 aromatic carbocycles. The Morgan fingerprint density at radius 2 is 1.32 bits per heavy atom. The molecule has 8 heteroatoms. The van der Waals surface area contributed by atoms with E-state index in [1.807, 2.05) is 24.3 Å². The number of hydrogen-bond acceptors (Lipinski definition) is 4. The summed E-state index contributed by atoms with van der Waals surface area (Å²) in [4.78, 5) is 0. The zero-order valence-electron chi connectivity index (χ0n) is 15.5. The number of halogens is 2. The van der Waals surface area contributed by atoms with Gasteiger partial charge in [-0.25, -0.2) is 0 Å². The summed E-state index contributed by atoms with van der Waals surface area (Å²) in [5.41, 5.74) is 12.3. The molecule has 0 aliphatic rings. The van der Waals surface area contributed by atoms with Gasteiger partial charge in [-0.2, -0.15) is 0 Å². The fourth-order valence-electron chi connectivity index (χ4n) is 2.45. The maximum absolute atomic E-state index is 7.44. The van der Waals surface area contributed by atoms with Crippen molar-refractivity contribution < 1.29 is 9.47 Å². The second kappa shape index (κ2) is 12.5. The van der Waals surface area contributed by atoms with Crippen LogP contribution in [-0.2, 0) is 0 Å². The van der Waals surface area contributed by atoms with Gasteiger partial charge in [0.15, 0.2) is 0 Å². The van der Waals surface area contributed by atoms with Crippen LogP contribution in [0.2, 0.25) is 0 Å². The predicted octanol–water partition coefficient (Wildman–Crippen LogP) is 4.30. The third-order valence-electron chi connectivity index (χ3n) is 3.97. The van der Waals surface area contributed by atoms with E-state index in [2.05, 4.69) is 22.6 Å². The lowest BCUT2D eigenvalue weighted by Gasteiger charge is -2.10. The van der Waals surface area contributed by atoms with Gasteiger partial charge < -0.3 is 20.9 Å². The van der Waals surface area contributed by atoms with Crippen LogP contribution in [0.1, 0.15) is 36.8 Å². The lowest BCUT2D eigenvalue weighted by Crippen LogP contribution is -2.11. The molecule has 0 aliphatic heterocycles. The molecule has 0 heterocycles. The minimum absolute atomic E-state index is 0. The van der Waals surface area contributed by atoms with E-state index in [-0.39, 0.29) is 24.1 Å². The van der Waals surface area contributed by atoms with Gasteiger partial charge in [-0.05, 0) is 90.7 Å². The Kier molecular flexibility index (Phi) is 10.7. The van der Waals surface area contributed by atoms with Gasteiger partial charge in [0.25, 0.3) is 0 Å². The Balaban J connectivity index is 0.00000392. The molecule has 0 radical (unpaired) electrons. The molecular formula is C20H26ClIN4O2. The van der Waals surface area contributed by atoms with Gasteiger partial charge in [0.05, 0.1) is 16.8 Å². The molecule has 6 nitrogen and oxygen atoms in total.